The zero-order valence-electron chi connectivity index (χ0n) is 10.6. The van der Waals surface area contributed by atoms with Gasteiger partial charge < -0.3 is 15.5 Å². The Labute approximate surface area is 111 Å². The predicted octanol–water partition coefficient (Wildman–Crippen LogP) is 1.08. The normalized spacial score (nSPS) is 10.0. The third kappa shape index (κ3) is 3.13. The maximum atomic E-state index is 12.1. The van der Waals surface area contributed by atoms with Gasteiger partial charge in [0, 0.05) is 26.8 Å². The van der Waals surface area contributed by atoms with E-state index in [9.17, 15) is 9.59 Å². The quantitative estimate of drug-likeness (QED) is 0.835. The number of carbonyl (C=O) groups is 2. The van der Waals surface area contributed by atoms with Crippen LogP contribution in [-0.2, 0) is 4.79 Å². The standard InChI is InChI=1S/C12H16ClN3O2/c1-15(2)10(17)7-16(3)12(18)11-8(13)5-4-6-9(11)14/h4-6H,7,14H2,1-3H3. The van der Waals surface area contributed by atoms with E-state index in [4.69, 9.17) is 17.3 Å². The Hall–Kier alpha value is -1.75. The molecule has 0 heterocycles. The van der Waals surface area contributed by atoms with Crippen LogP contribution in [0.5, 0.6) is 0 Å². The number of amides is 2. The molecule has 2 N–H and O–H groups in total. The summed E-state index contributed by atoms with van der Waals surface area (Å²) in [6.45, 7) is -0.0174. The summed E-state index contributed by atoms with van der Waals surface area (Å²) in [4.78, 5) is 26.4. The van der Waals surface area contributed by atoms with E-state index in [1.54, 1.807) is 32.3 Å². The van der Waals surface area contributed by atoms with Gasteiger partial charge in [-0.2, -0.15) is 0 Å². The zero-order valence-corrected chi connectivity index (χ0v) is 11.4. The number of nitrogens with two attached hydrogens (primary N) is 1. The minimum absolute atomic E-state index is 0.0174. The Kier molecular flexibility index (Phi) is 4.55. The second-order valence-electron chi connectivity index (χ2n) is 4.15. The van der Waals surface area contributed by atoms with Gasteiger partial charge >= 0.3 is 0 Å². The molecule has 0 saturated carbocycles. The molecule has 5 nitrogen and oxygen atoms in total. The molecule has 2 amide bonds. The van der Waals surface area contributed by atoms with Gasteiger partial charge in [0.05, 0.1) is 17.1 Å². The average molecular weight is 270 g/mol. The molecule has 0 aliphatic carbocycles. The Morgan fingerprint density at radius 1 is 1.28 bits per heavy atom. The molecule has 1 aromatic carbocycles. The molecule has 1 aromatic rings. The van der Waals surface area contributed by atoms with E-state index in [1.165, 1.54) is 16.8 Å². The van der Waals surface area contributed by atoms with Gasteiger partial charge in [0.1, 0.15) is 0 Å². The van der Waals surface area contributed by atoms with Crippen LogP contribution in [0.3, 0.4) is 0 Å². The Balaban J connectivity index is 2.91. The number of nitrogen functional groups attached to an aromatic ring is 1. The highest BCUT2D eigenvalue weighted by Crippen LogP contribution is 2.23. The minimum atomic E-state index is -0.367. The van der Waals surface area contributed by atoms with E-state index in [1.807, 2.05) is 0 Å². The van der Waals surface area contributed by atoms with Crippen molar-refractivity contribution in [1.82, 2.24) is 9.80 Å². The molecule has 0 spiro atoms. The third-order valence-corrected chi connectivity index (χ3v) is 2.79. The number of rotatable bonds is 3. The largest absolute Gasteiger partial charge is 0.398 e. The van der Waals surface area contributed by atoms with E-state index in [0.717, 1.165) is 0 Å². The summed E-state index contributed by atoms with van der Waals surface area (Å²) in [6.07, 6.45) is 0. The summed E-state index contributed by atoms with van der Waals surface area (Å²) in [6, 6.07) is 4.85. The van der Waals surface area contributed by atoms with Crippen molar-refractivity contribution >= 4 is 29.1 Å². The highest BCUT2D eigenvalue weighted by atomic mass is 35.5. The van der Waals surface area contributed by atoms with Crippen LogP contribution in [-0.4, -0.2) is 49.3 Å². The van der Waals surface area contributed by atoms with Crippen LogP contribution in [0, 0.1) is 0 Å². The maximum Gasteiger partial charge on any atom is 0.257 e. The molecule has 0 unspecified atom stereocenters. The van der Waals surface area contributed by atoms with Crippen LogP contribution in [0.1, 0.15) is 10.4 Å². The van der Waals surface area contributed by atoms with Gasteiger partial charge in [-0.25, -0.2) is 0 Å². The number of hydrogen-bond acceptors (Lipinski definition) is 3. The Bertz CT molecular complexity index is 454. The van der Waals surface area contributed by atoms with Crippen LogP contribution in [0.25, 0.3) is 0 Å². The van der Waals surface area contributed by atoms with Gasteiger partial charge in [0.2, 0.25) is 5.91 Å². The fourth-order valence-electron chi connectivity index (χ4n) is 1.37. The summed E-state index contributed by atoms with van der Waals surface area (Å²) in [5.74, 6) is -0.537. The number of likely N-dealkylation sites (N-methyl/N-ethyl adjacent to an activating group) is 2. The van der Waals surface area contributed by atoms with Crippen molar-refractivity contribution in [2.75, 3.05) is 33.4 Å². The van der Waals surface area contributed by atoms with Crippen molar-refractivity contribution in [3.05, 3.63) is 28.8 Å². The molecule has 98 valence electrons. The number of halogens is 1. The van der Waals surface area contributed by atoms with Gasteiger partial charge in [-0.15, -0.1) is 0 Å². The molecule has 0 atom stereocenters. The fourth-order valence-corrected chi connectivity index (χ4v) is 1.64. The first-order valence-electron chi connectivity index (χ1n) is 5.34. The Morgan fingerprint density at radius 2 is 1.89 bits per heavy atom. The van der Waals surface area contributed by atoms with Crippen LogP contribution >= 0.6 is 11.6 Å². The topological polar surface area (TPSA) is 66.6 Å². The van der Waals surface area contributed by atoms with Gasteiger partial charge in [0.25, 0.3) is 5.91 Å². The molecule has 0 bridgehead atoms. The van der Waals surface area contributed by atoms with Crippen molar-refractivity contribution < 1.29 is 9.59 Å². The van der Waals surface area contributed by atoms with E-state index >= 15 is 0 Å². The van der Waals surface area contributed by atoms with Crippen LogP contribution in [0.2, 0.25) is 5.02 Å². The molecule has 0 fully saturated rings. The van der Waals surface area contributed by atoms with Crippen molar-refractivity contribution in [3.8, 4) is 0 Å². The predicted molar refractivity (Wildman–Crippen MR) is 71.5 cm³/mol. The van der Waals surface area contributed by atoms with Crippen LogP contribution < -0.4 is 5.73 Å². The molecule has 18 heavy (non-hydrogen) atoms. The lowest BCUT2D eigenvalue weighted by molar-refractivity contribution is -0.129. The smallest absolute Gasteiger partial charge is 0.257 e. The molecular weight excluding hydrogens is 254 g/mol. The van der Waals surface area contributed by atoms with Crippen molar-refractivity contribution in [3.63, 3.8) is 0 Å². The van der Waals surface area contributed by atoms with E-state index in [2.05, 4.69) is 0 Å². The van der Waals surface area contributed by atoms with Gasteiger partial charge in [-0.1, -0.05) is 17.7 Å². The molecule has 0 saturated heterocycles. The lowest BCUT2D eigenvalue weighted by atomic mass is 10.1. The number of anilines is 1. The van der Waals surface area contributed by atoms with E-state index < -0.39 is 0 Å². The lowest BCUT2D eigenvalue weighted by Crippen LogP contribution is -2.38. The van der Waals surface area contributed by atoms with Crippen molar-refractivity contribution in [2.24, 2.45) is 0 Å². The number of carbonyl (C=O) groups excluding carboxylic acids is 2. The van der Waals surface area contributed by atoms with Crippen LogP contribution in [0.15, 0.2) is 18.2 Å². The second-order valence-corrected chi connectivity index (χ2v) is 4.56. The first-order valence-corrected chi connectivity index (χ1v) is 5.72. The van der Waals surface area contributed by atoms with Gasteiger partial charge in [0.15, 0.2) is 0 Å². The number of benzene rings is 1. The fraction of sp³-hybridized carbons (Fsp3) is 0.333. The Morgan fingerprint density at radius 3 is 2.39 bits per heavy atom. The lowest BCUT2D eigenvalue weighted by Gasteiger charge is -2.20. The molecule has 0 aromatic heterocycles. The maximum absolute atomic E-state index is 12.1. The summed E-state index contributed by atoms with van der Waals surface area (Å²) in [5.41, 5.74) is 6.26. The average Bonchev–Trinajstić information content (AvgIpc) is 2.28. The van der Waals surface area contributed by atoms with Crippen LogP contribution in [0.4, 0.5) is 5.69 Å². The van der Waals surface area contributed by atoms with E-state index in [0.29, 0.717) is 5.69 Å². The first-order chi connectivity index (χ1) is 8.34. The third-order valence-electron chi connectivity index (χ3n) is 2.48. The SMILES string of the molecule is CN(C)C(=O)CN(C)C(=O)c1c(N)cccc1Cl. The van der Waals surface area contributed by atoms with Gasteiger partial charge in [-0.05, 0) is 12.1 Å². The molecule has 0 aliphatic heterocycles. The van der Waals surface area contributed by atoms with E-state index in [-0.39, 0.29) is 28.9 Å². The number of nitrogens with zero attached hydrogens (tertiary/aromatic N) is 2. The zero-order chi connectivity index (χ0) is 13.9. The summed E-state index contributed by atoms with van der Waals surface area (Å²) in [7, 11) is 4.79. The van der Waals surface area contributed by atoms with Gasteiger partial charge in [-0.3, -0.25) is 9.59 Å². The minimum Gasteiger partial charge on any atom is -0.398 e. The highest BCUT2D eigenvalue weighted by molar-refractivity contribution is 6.34. The second kappa shape index (κ2) is 5.73. The summed E-state index contributed by atoms with van der Waals surface area (Å²) >= 11 is 5.94. The summed E-state index contributed by atoms with van der Waals surface area (Å²) in [5, 5.41) is 0.282. The van der Waals surface area contributed by atoms with Crippen molar-refractivity contribution in [2.45, 2.75) is 0 Å². The number of hydrogen-bond donors (Lipinski definition) is 1. The monoisotopic (exact) mass is 269 g/mol. The highest BCUT2D eigenvalue weighted by Gasteiger charge is 2.20. The molecule has 0 radical (unpaired) electrons. The molecule has 6 heteroatoms. The molecule has 1 rings (SSSR count). The van der Waals surface area contributed by atoms with Crippen molar-refractivity contribution in [1.29, 1.82) is 0 Å². The first kappa shape index (κ1) is 14.3. The molecule has 0 aliphatic rings. The molecular formula is C12H16ClN3O2. The summed E-state index contributed by atoms with van der Waals surface area (Å²) < 4.78 is 0.